The monoisotopic (exact) mass is 359 g/mol. The second kappa shape index (κ2) is 8.12. The van der Waals surface area contributed by atoms with Gasteiger partial charge in [0.25, 0.3) is 0 Å². The molecular formula is C21H33N3O2. The average Bonchev–Trinajstić information content (AvgIpc) is 3.30. The molecule has 0 N–H and O–H groups in total. The van der Waals surface area contributed by atoms with Gasteiger partial charge in [0.05, 0.1) is 6.04 Å². The predicted octanol–water partition coefficient (Wildman–Crippen LogP) is 3.83. The van der Waals surface area contributed by atoms with Crippen LogP contribution in [0.5, 0.6) is 0 Å². The molecule has 2 saturated heterocycles. The smallest absolute Gasteiger partial charge is 0.222 e. The molecule has 3 fully saturated rings. The lowest BCUT2D eigenvalue weighted by atomic mass is 9.87. The molecule has 0 radical (unpaired) electrons. The Bertz CT molecular complexity index is 615. The van der Waals surface area contributed by atoms with Crippen molar-refractivity contribution in [3.63, 3.8) is 0 Å². The highest BCUT2D eigenvalue weighted by Gasteiger charge is 2.32. The van der Waals surface area contributed by atoms with Crippen LogP contribution in [-0.4, -0.2) is 46.7 Å². The summed E-state index contributed by atoms with van der Waals surface area (Å²) in [6.07, 6.45) is 12.4. The first-order chi connectivity index (χ1) is 12.7. The number of rotatable bonds is 4. The van der Waals surface area contributed by atoms with E-state index in [1.54, 1.807) is 0 Å². The van der Waals surface area contributed by atoms with Gasteiger partial charge in [-0.2, -0.15) is 0 Å². The van der Waals surface area contributed by atoms with E-state index in [2.05, 4.69) is 16.4 Å². The summed E-state index contributed by atoms with van der Waals surface area (Å²) in [6.45, 7) is 5.60. The van der Waals surface area contributed by atoms with Crippen molar-refractivity contribution >= 4 is 5.91 Å². The minimum atomic E-state index is 0.379. The minimum Gasteiger partial charge on any atom is -0.381 e. The zero-order chi connectivity index (χ0) is 17.9. The van der Waals surface area contributed by atoms with Crippen LogP contribution in [0.2, 0.25) is 0 Å². The number of aryl methyl sites for hydroxylation is 1. The van der Waals surface area contributed by atoms with Crippen LogP contribution < -0.4 is 0 Å². The fourth-order valence-corrected chi connectivity index (χ4v) is 5.14. The van der Waals surface area contributed by atoms with E-state index in [-0.39, 0.29) is 0 Å². The molecule has 1 amide bonds. The van der Waals surface area contributed by atoms with Gasteiger partial charge in [-0.15, -0.1) is 0 Å². The Morgan fingerprint density at radius 2 is 1.92 bits per heavy atom. The fraction of sp³-hybridized carbons (Fsp3) is 0.810. The van der Waals surface area contributed by atoms with Crippen LogP contribution in [-0.2, 0) is 9.53 Å². The largest absolute Gasteiger partial charge is 0.381 e. The second-order valence-electron chi connectivity index (χ2n) is 8.50. The number of imidazole rings is 1. The molecule has 0 spiro atoms. The maximum Gasteiger partial charge on any atom is 0.222 e. The molecular weight excluding hydrogens is 326 g/mol. The minimum absolute atomic E-state index is 0.379. The Morgan fingerprint density at radius 3 is 2.69 bits per heavy atom. The molecule has 144 valence electrons. The first-order valence-corrected chi connectivity index (χ1v) is 10.6. The van der Waals surface area contributed by atoms with Gasteiger partial charge < -0.3 is 14.2 Å². The van der Waals surface area contributed by atoms with Gasteiger partial charge in [0.1, 0.15) is 5.82 Å². The number of hydrogen-bond donors (Lipinski definition) is 0. The number of ether oxygens (including phenoxy) is 1. The third-order valence-electron chi connectivity index (χ3n) is 6.67. The van der Waals surface area contributed by atoms with E-state index in [0.29, 0.717) is 23.8 Å². The molecule has 5 heteroatoms. The van der Waals surface area contributed by atoms with Gasteiger partial charge in [-0.05, 0) is 44.9 Å². The molecule has 5 nitrogen and oxygen atoms in total. The van der Waals surface area contributed by atoms with Gasteiger partial charge >= 0.3 is 0 Å². The van der Waals surface area contributed by atoms with E-state index in [9.17, 15) is 4.79 Å². The molecule has 0 bridgehead atoms. The Morgan fingerprint density at radius 1 is 1.15 bits per heavy atom. The summed E-state index contributed by atoms with van der Waals surface area (Å²) in [5, 5.41) is 0. The summed E-state index contributed by atoms with van der Waals surface area (Å²) >= 11 is 0. The molecule has 0 aromatic carbocycles. The fourth-order valence-electron chi connectivity index (χ4n) is 5.14. The van der Waals surface area contributed by atoms with Gasteiger partial charge in [-0.3, -0.25) is 4.79 Å². The highest BCUT2D eigenvalue weighted by Crippen LogP contribution is 2.33. The standard InChI is InChI=1S/C21H33N3O2/c1-16-14-22-21(18-8-11-26-12-9-18)24(16)19-7-10-23(15-19)20(25)13-17-5-3-2-4-6-17/h14,17-19H,2-13,15H2,1H3. The number of amides is 1. The van der Waals surface area contributed by atoms with Crippen molar-refractivity contribution in [3.8, 4) is 0 Å². The molecule has 26 heavy (non-hydrogen) atoms. The highest BCUT2D eigenvalue weighted by atomic mass is 16.5. The maximum atomic E-state index is 12.8. The molecule has 1 aromatic rings. The number of nitrogens with zero attached hydrogens (tertiary/aromatic N) is 3. The van der Waals surface area contributed by atoms with Crippen molar-refractivity contribution in [1.82, 2.24) is 14.5 Å². The van der Waals surface area contributed by atoms with Crippen molar-refractivity contribution in [2.75, 3.05) is 26.3 Å². The van der Waals surface area contributed by atoms with Crippen LogP contribution in [0, 0.1) is 12.8 Å². The highest BCUT2D eigenvalue weighted by molar-refractivity contribution is 5.76. The van der Waals surface area contributed by atoms with Crippen LogP contribution in [0.4, 0.5) is 0 Å². The van der Waals surface area contributed by atoms with Crippen molar-refractivity contribution in [2.24, 2.45) is 5.92 Å². The lowest BCUT2D eigenvalue weighted by molar-refractivity contribution is -0.131. The summed E-state index contributed by atoms with van der Waals surface area (Å²) in [6, 6.07) is 0.394. The third kappa shape index (κ3) is 3.83. The molecule has 1 aliphatic carbocycles. The van der Waals surface area contributed by atoms with Crippen molar-refractivity contribution < 1.29 is 9.53 Å². The Balaban J connectivity index is 1.40. The summed E-state index contributed by atoms with van der Waals surface area (Å²) < 4.78 is 7.96. The van der Waals surface area contributed by atoms with E-state index in [1.165, 1.54) is 43.6 Å². The second-order valence-corrected chi connectivity index (χ2v) is 8.50. The van der Waals surface area contributed by atoms with Crippen LogP contribution in [0.3, 0.4) is 0 Å². The predicted molar refractivity (Wildman–Crippen MR) is 101 cm³/mol. The topological polar surface area (TPSA) is 47.4 Å². The average molecular weight is 360 g/mol. The van der Waals surface area contributed by atoms with Gasteiger partial charge in [-0.1, -0.05) is 19.3 Å². The van der Waals surface area contributed by atoms with E-state index >= 15 is 0 Å². The molecule has 1 atom stereocenters. The lowest BCUT2D eigenvalue weighted by Crippen LogP contribution is -2.31. The SMILES string of the molecule is Cc1cnc(C2CCOCC2)n1C1CCN(C(=O)CC2CCCCC2)C1. The number of likely N-dealkylation sites (tertiary alicyclic amines) is 1. The van der Waals surface area contributed by atoms with Crippen molar-refractivity contribution in [2.45, 2.75) is 76.7 Å². The van der Waals surface area contributed by atoms with Crippen molar-refractivity contribution in [3.05, 3.63) is 17.7 Å². The van der Waals surface area contributed by atoms with Gasteiger partial charge in [0.2, 0.25) is 5.91 Å². The molecule has 4 rings (SSSR count). The lowest BCUT2D eigenvalue weighted by Gasteiger charge is -2.26. The van der Waals surface area contributed by atoms with E-state index in [0.717, 1.165) is 52.0 Å². The summed E-state index contributed by atoms with van der Waals surface area (Å²) in [7, 11) is 0. The van der Waals surface area contributed by atoms with Crippen LogP contribution in [0.15, 0.2) is 6.20 Å². The van der Waals surface area contributed by atoms with Crippen molar-refractivity contribution in [1.29, 1.82) is 0 Å². The normalized spacial score (nSPS) is 25.7. The zero-order valence-corrected chi connectivity index (χ0v) is 16.2. The summed E-state index contributed by atoms with van der Waals surface area (Å²) in [5.41, 5.74) is 1.23. The quantitative estimate of drug-likeness (QED) is 0.821. The van der Waals surface area contributed by atoms with Crippen LogP contribution >= 0.6 is 0 Å². The first kappa shape index (κ1) is 18.0. The van der Waals surface area contributed by atoms with E-state index in [1.807, 2.05) is 6.20 Å². The number of carbonyl (C=O) groups is 1. The van der Waals surface area contributed by atoms with Crippen LogP contribution in [0.1, 0.15) is 81.3 Å². The summed E-state index contributed by atoms with van der Waals surface area (Å²) in [4.78, 5) is 19.7. The zero-order valence-electron chi connectivity index (χ0n) is 16.2. The molecule has 1 unspecified atom stereocenters. The number of aromatic nitrogens is 2. The summed E-state index contributed by atoms with van der Waals surface area (Å²) in [5.74, 6) is 2.73. The van der Waals surface area contributed by atoms with Crippen LogP contribution in [0.25, 0.3) is 0 Å². The Labute approximate surface area is 157 Å². The molecule has 3 heterocycles. The molecule has 1 aromatic heterocycles. The van der Waals surface area contributed by atoms with E-state index < -0.39 is 0 Å². The van der Waals surface area contributed by atoms with Gasteiger partial charge in [0, 0.05) is 50.5 Å². The molecule has 3 aliphatic rings. The molecule has 2 aliphatic heterocycles. The Hall–Kier alpha value is -1.36. The molecule has 1 saturated carbocycles. The third-order valence-corrected chi connectivity index (χ3v) is 6.67. The van der Waals surface area contributed by atoms with Gasteiger partial charge in [0.15, 0.2) is 0 Å². The number of hydrogen-bond acceptors (Lipinski definition) is 3. The maximum absolute atomic E-state index is 12.8. The number of carbonyl (C=O) groups excluding carboxylic acids is 1. The first-order valence-electron chi connectivity index (χ1n) is 10.6. The van der Waals surface area contributed by atoms with E-state index in [4.69, 9.17) is 9.72 Å². The van der Waals surface area contributed by atoms with Gasteiger partial charge in [-0.25, -0.2) is 4.98 Å². The Kier molecular flexibility index (Phi) is 5.63.